The first kappa shape index (κ1) is 19.1. The molecular formula is C17H22BrN5O2S. The average molecular weight is 440 g/mol. The third kappa shape index (κ3) is 4.72. The molecule has 4 N–H and O–H groups in total. The van der Waals surface area contributed by atoms with Gasteiger partial charge in [0.2, 0.25) is 16.0 Å². The minimum Gasteiger partial charge on any atom is -0.366 e. The molecule has 0 aliphatic heterocycles. The number of halogens is 1. The second-order valence-corrected chi connectivity index (χ2v) is 9.01. The van der Waals surface area contributed by atoms with E-state index < -0.39 is 10.0 Å². The summed E-state index contributed by atoms with van der Waals surface area (Å²) in [6.07, 6.45) is 6.57. The molecule has 1 aromatic carbocycles. The molecule has 7 nitrogen and oxygen atoms in total. The Hall–Kier alpha value is -1.71. The molecule has 1 aliphatic carbocycles. The van der Waals surface area contributed by atoms with Gasteiger partial charge in [-0.25, -0.2) is 18.5 Å². The zero-order valence-electron chi connectivity index (χ0n) is 14.4. The van der Waals surface area contributed by atoms with Crippen LogP contribution < -0.4 is 15.8 Å². The van der Waals surface area contributed by atoms with Gasteiger partial charge in [-0.3, -0.25) is 0 Å². The van der Waals surface area contributed by atoms with E-state index in [4.69, 9.17) is 5.14 Å². The van der Waals surface area contributed by atoms with Gasteiger partial charge in [0.15, 0.2) is 0 Å². The van der Waals surface area contributed by atoms with E-state index in [1.165, 1.54) is 31.4 Å². The van der Waals surface area contributed by atoms with Crippen LogP contribution in [-0.2, 0) is 10.0 Å². The first-order valence-electron chi connectivity index (χ1n) is 8.52. The van der Waals surface area contributed by atoms with Gasteiger partial charge in [0.1, 0.15) is 5.82 Å². The number of hydrogen-bond acceptors (Lipinski definition) is 6. The molecule has 3 rings (SSSR count). The summed E-state index contributed by atoms with van der Waals surface area (Å²) in [6, 6.07) is 6.54. The molecule has 1 aromatic heterocycles. The normalized spacial score (nSPS) is 20.6. The van der Waals surface area contributed by atoms with Gasteiger partial charge in [-0.2, -0.15) is 4.98 Å². The summed E-state index contributed by atoms with van der Waals surface area (Å²) in [5.74, 6) is 1.79. The number of benzene rings is 1. The third-order valence-electron chi connectivity index (χ3n) is 4.62. The van der Waals surface area contributed by atoms with Crippen molar-refractivity contribution in [2.75, 3.05) is 10.6 Å². The second kappa shape index (κ2) is 7.89. The zero-order valence-corrected chi connectivity index (χ0v) is 16.8. The van der Waals surface area contributed by atoms with Crippen LogP contribution in [0.5, 0.6) is 0 Å². The van der Waals surface area contributed by atoms with E-state index in [2.05, 4.69) is 43.5 Å². The van der Waals surface area contributed by atoms with Crippen molar-refractivity contribution in [3.8, 4) is 0 Å². The van der Waals surface area contributed by atoms with Crippen LogP contribution in [0.4, 0.5) is 17.5 Å². The van der Waals surface area contributed by atoms with E-state index in [-0.39, 0.29) is 4.90 Å². The van der Waals surface area contributed by atoms with Crippen LogP contribution in [-0.4, -0.2) is 24.4 Å². The highest BCUT2D eigenvalue weighted by atomic mass is 79.9. The molecule has 9 heteroatoms. The number of nitrogens with zero attached hydrogens (tertiary/aromatic N) is 2. The van der Waals surface area contributed by atoms with E-state index in [0.29, 0.717) is 23.6 Å². The molecule has 0 bridgehead atoms. The van der Waals surface area contributed by atoms with Crippen LogP contribution in [0.15, 0.2) is 39.8 Å². The highest BCUT2D eigenvalue weighted by Crippen LogP contribution is 2.29. The maximum absolute atomic E-state index is 11.3. The molecule has 1 heterocycles. The van der Waals surface area contributed by atoms with Crippen LogP contribution in [0.3, 0.4) is 0 Å². The fourth-order valence-electron chi connectivity index (χ4n) is 3.09. The van der Waals surface area contributed by atoms with Gasteiger partial charge in [0.25, 0.3) is 0 Å². The standard InChI is InChI=1S/C17H22BrN5O2S/c1-11-4-2-3-5-15(11)22-16-14(18)10-20-17(23-16)21-12-6-8-13(9-7-12)26(19,24)25/h6-11,15H,2-5H2,1H3,(H2,19,24,25)(H2,20,21,22,23). The van der Waals surface area contributed by atoms with Gasteiger partial charge >= 0.3 is 0 Å². The molecule has 1 aliphatic rings. The summed E-state index contributed by atoms with van der Waals surface area (Å²) in [7, 11) is -3.70. The van der Waals surface area contributed by atoms with Gasteiger partial charge in [-0.05, 0) is 59.0 Å². The molecule has 2 aromatic rings. The summed E-state index contributed by atoms with van der Waals surface area (Å²) in [4.78, 5) is 8.87. The number of nitrogens with two attached hydrogens (primary N) is 1. The number of primary sulfonamides is 1. The fourth-order valence-corrected chi connectivity index (χ4v) is 3.91. The fraction of sp³-hybridized carbons (Fsp3) is 0.412. The number of sulfonamides is 1. The monoisotopic (exact) mass is 439 g/mol. The lowest BCUT2D eigenvalue weighted by Gasteiger charge is -2.30. The highest BCUT2D eigenvalue weighted by Gasteiger charge is 2.22. The summed E-state index contributed by atoms with van der Waals surface area (Å²) >= 11 is 3.50. The lowest BCUT2D eigenvalue weighted by Crippen LogP contribution is -2.30. The number of anilines is 3. The van der Waals surface area contributed by atoms with Crippen molar-refractivity contribution in [2.45, 2.75) is 43.5 Å². The Kier molecular flexibility index (Phi) is 5.79. The smallest absolute Gasteiger partial charge is 0.238 e. The van der Waals surface area contributed by atoms with Crippen molar-refractivity contribution in [2.24, 2.45) is 11.1 Å². The van der Waals surface area contributed by atoms with Crippen molar-refractivity contribution in [1.82, 2.24) is 9.97 Å². The van der Waals surface area contributed by atoms with Crippen molar-refractivity contribution in [3.05, 3.63) is 34.9 Å². The first-order valence-corrected chi connectivity index (χ1v) is 10.9. The van der Waals surface area contributed by atoms with Gasteiger partial charge in [0.05, 0.1) is 9.37 Å². The zero-order chi connectivity index (χ0) is 18.7. The molecule has 0 amide bonds. The topological polar surface area (TPSA) is 110 Å². The lowest BCUT2D eigenvalue weighted by molar-refractivity contribution is 0.349. The predicted octanol–water partition coefficient (Wildman–Crippen LogP) is 3.62. The number of nitrogens with one attached hydrogen (secondary N) is 2. The quantitative estimate of drug-likeness (QED) is 0.655. The molecule has 26 heavy (non-hydrogen) atoms. The summed E-state index contributed by atoms with van der Waals surface area (Å²) in [5, 5.41) is 11.7. The second-order valence-electron chi connectivity index (χ2n) is 6.60. The number of aromatic nitrogens is 2. The molecule has 2 unspecified atom stereocenters. The molecular weight excluding hydrogens is 418 g/mol. The Balaban J connectivity index is 1.74. The Morgan fingerprint density at radius 2 is 1.88 bits per heavy atom. The molecule has 1 fully saturated rings. The van der Waals surface area contributed by atoms with E-state index in [0.717, 1.165) is 16.7 Å². The van der Waals surface area contributed by atoms with Crippen LogP contribution in [0.25, 0.3) is 0 Å². The predicted molar refractivity (Wildman–Crippen MR) is 106 cm³/mol. The molecule has 1 saturated carbocycles. The summed E-state index contributed by atoms with van der Waals surface area (Å²) < 4.78 is 23.4. The Morgan fingerprint density at radius 1 is 1.19 bits per heavy atom. The summed E-state index contributed by atoms with van der Waals surface area (Å²) in [5.41, 5.74) is 0.678. The van der Waals surface area contributed by atoms with E-state index in [1.54, 1.807) is 18.3 Å². The van der Waals surface area contributed by atoms with Crippen LogP contribution in [0.1, 0.15) is 32.6 Å². The van der Waals surface area contributed by atoms with Gasteiger partial charge in [-0.1, -0.05) is 19.8 Å². The molecule has 0 spiro atoms. The minimum absolute atomic E-state index is 0.0633. The maximum atomic E-state index is 11.3. The van der Waals surface area contributed by atoms with Gasteiger partial charge < -0.3 is 10.6 Å². The van der Waals surface area contributed by atoms with E-state index >= 15 is 0 Å². The summed E-state index contributed by atoms with van der Waals surface area (Å²) in [6.45, 7) is 2.26. The molecule has 0 saturated heterocycles. The SMILES string of the molecule is CC1CCCCC1Nc1nc(Nc2ccc(S(N)(=O)=O)cc2)ncc1Br. The van der Waals surface area contributed by atoms with Crippen molar-refractivity contribution >= 4 is 43.4 Å². The average Bonchev–Trinajstić information content (AvgIpc) is 2.59. The lowest BCUT2D eigenvalue weighted by atomic mass is 9.86. The van der Waals surface area contributed by atoms with Crippen molar-refractivity contribution < 1.29 is 8.42 Å². The first-order chi connectivity index (χ1) is 12.3. The minimum atomic E-state index is -3.70. The largest absolute Gasteiger partial charge is 0.366 e. The van der Waals surface area contributed by atoms with Crippen LogP contribution in [0, 0.1) is 5.92 Å². The highest BCUT2D eigenvalue weighted by molar-refractivity contribution is 9.10. The molecule has 0 radical (unpaired) electrons. The van der Waals surface area contributed by atoms with Crippen LogP contribution in [0.2, 0.25) is 0 Å². The van der Waals surface area contributed by atoms with Crippen molar-refractivity contribution in [3.63, 3.8) is 0 Å². The van der Waals surface area contributed by atoms with E-state index in [9.17, 15) is 8.42 Å². The third-order valence-corrected chi connectivity index (χ3v) is 6.13. The van der Waals surface area contributed by atoms with Crippen LogP contribution >= 0.6 is 15.9 Å². The van der Waals surface area contributed by atoms with Gasteiger partial charge in [0, 0.05) is 17.9 Å². The maximum Gasteiger partial charge on any atom is 0.238 e. The molecule has 140 valence electrons. The van der Waals surface area contributed by atoms with Crippen molar-refractivity contribution in [1.29, 1.82) is 0 Å². The number of rotatable bonds is 5. The van der Waals surface area contributed by atoms with Gasteiger partial charge in [-0.15, -0.1) is 0 Å². The molecule has 2 atom stereocenters. The number of hydrogen-bond donors (Lipinski definition) is 3. The Bertz CT molecular complexity index is 873. The Labute approximate surface area is 162 Å². The van der Waals surface area contributed by atoms with E-state index in [1.807, 2.05) is 0 Å². The Morgan fingerprint density at radius 3 is 2.54 bits per heavy atom.